The first-order valence-corrected chi connectivity index (χ1v) is 5.54. The van der Waals surface area contributed by atoms with Gasteiger partial charge in [-0.15, -0.1) is 0 Å². The Kier molecular flexibility index (Phi) is 2.17. The Balaban J connectivity index is 2.04. The van der Waals surface area contributed by atoms with E-state index in [0.717, 1.165) is 22.5 Å². The zero-order valence-corrected chi connectivity index (χ0v) is 9.77. The highest BCUT2D eigenvalue weighted by Gasteiger charge is 2.24. The predicted molar refractivity (Wildman–Crippen MR) is 65.9 cm³/mol. The number of rotatable bonds is 1. The van der Waals surface area contributed by atoms with E-state index >= 15 is 0 Å². The van der Waals surface area contributed by atoms with Gasteiger partial charge in [0.1, 0.15) is 6.07 Å². The maximum atomic E-state index is 11.6. The van der Waals surface area contributed by atoms with Crippen molar-refractivity contribution in [3.63, 3.8) is 0 Å². The van der Waals surface area contributed by atoms with Crippen molar-refractivity contribution < 1.29 is 4.79 Å². The van der Waals surface area contributed by atoms with E-state index in [1.807, 2.05) is 24.3 Å². The van der Waals surface area contributed by atoms with Gasteiger partial charge in [-0.1, -0.05) is 6.07 Å². The quantitative estimate of drug-likeness (QED) is 0.817. The second-order valence-electron chi connectivity index (χ2n) is 4.23. The predicted octanol–water partition coefficient (Wildman–Crippen LogP) is 1.47. The molecule has 5 heteroatoms. The minimum atomic E-state index is 0.101. The summed E-state index contributed by atoms with van der Waals surface area (Å²) in [6.07, 6.45) is 2.06. The van der Waals surface area contributed by atoms with Crippen LogP contribution in [0, 0.1) is 11.3 Å². The Morgan fingerprint density at radius 2 is 2.33 bits per heavy atom. The average molecular weight is 238 g/mol. The van der Waals surface area contributed by atoms with Crippen LogP contribution in [0.1, 0.15) is 11.4 Å². The minimum absolute atomic E-state index is 0.101. The normalized spacial score (nSPS) is 13.6. The molecule has 0 fully saturated rings. The van der Waals surface area contributed by atoms with E-state index in [1.54, 1.807) is 18.1 Å². The number of likely N-dealkylation sites (N-methyl/N-ethyl adjacent to an activating group) is 1. The molecule has 0 saturated heterocycles. The number of anilines is 1. The molecule has 0 radical (unpaired) electrons. The number of hydrogen-bond acceptors (Lipinski definition) is 3. The van der Waals surface area contributed by atoms with Crippen molar-refractivity contribution in [2.75, 3.05) is 11.9 Å². The maximum Gasteiger partial charge on any atom is 0.231 e. The maximum absolute atomic E-state index is 11.6. The van der Waals surface area contributed by atoms with Crippen LogP contribution in [0.2, 0.25) is 0 Å². The highest BCUT2D eigenvalue weighted by Crippen LogP contribution is 2.31. The molecule has 0 atom stereocenters. The Morgan fingerprint density at radius 1 is 1.50 bits per heavy atom. The fourth-order valence-electron chi connectivity index (χ4n) is 2.16. The second kappa shape index (κ2) is 3.70. The standard InChI is InChI=1S/C13H10N4O/c1-17-11-3-2-8(4-9(11)5-13(17)18)10-7-15-12(6-14)16-10/h2-4,7H,5H2,1H3,(H,15,16). The molecule has 88 valence electrons. The van der Waals surface area contributed by atoms with Gasteiger partial charge in [-0.2, -0.15) is 5.26 Å². The minimum Gasteiger partial charge on any atom is -0.329 e. The lowest BCUT2D eigenvalue weighted by molar-refractivity contribution is -0.117. The Morgan fingerprint density at radius 3 is 3.06 bits per heavy atom. The monoisotopic (exact) mass is 238 g/mol. The molecule has 5 nitrogen and oxygen atoms in total. The molecule has 1 aromatic carbocycles. The molecule has 0 saturated carbocycles. The first-order valence-electron chi connectivity index (χ1n) is 5.54. The van der Waals surface area contributed by atoms with Gasteiger partial charge in [0, 0.05) is 18.3 Å². The van der Waals surface area contributed by atoms with E-state index < -0.39 is 0 Å². The molecular weight excluding hydrogens is 228 g/mol. The van der Waals surface area contributed by atoms with Gasteiger partial charge in [0.25, 0.3) is 0 Å². The topological polar surface area (TPSA) is 72.8 Å². The van der Waals surface area contributed by atoms with Crippen molar-refractivity contribution in [2.45, 2.75) is 6.42 Å². The molecule has 2 aromatic rings. The first-order chi connectivity index (χ1) is 8.69. The molecule has 1 amide bonds. The van der Waals surface area contributed by atoms with E-state index in [9.17, 15) is 4.79 Å². The SMILES string of the molecule is CN1C(=O)Cc2cc(-c3cnc(C#N)[nH]3)ccc21. The van der Waals surface area contributed by atoms with Crippen LogP contribution >= 0.6 is 0 Å². The molecule has 1 aliphatic heterocycles. The summed E-state index contributed by atoms with van der Waals surface area (Å²) in [6.45, 7) is 0. The third-order valence-corrected chi connectivity index (χ3v) is 3.15. The lowest BCUT2D eigenvalue weighted by Crippen LogP contribution is -2.20. The van der Waals surface area contributed by atoms with Gasteiger partial charge < -0.3 is 9.88 Å². The molecule has 1 aliphatic rings. The molecule has 18 heavy (non-hydrogen) atoms. The van der Waals surface area contributed by atoms with E-state index in [4.69, 9.17) is 5.26 Å². The molecule has 3 rings (SSSR count). The first kappa shape index (κ1) is 10.5. The van der Waals surface area contributed by atoms with E-state index in [1.165, 1.54) is 0 Å². The number of carbonyl (C=O) groups is 1. The van der Waals surface area contributed by atoms with Crippen molar-refractivity contribution in [1.29, 1.82) is 5.26 Å². The highest BCUT2D eigenvalue weighted by atomic mass is 16.2. The van der Waals surface area contributed by atoms with Crippen molar-refractivity contribution in [2.24, 2.45) is 0 Å². The van der Waals surface area contributed by atoms with Crippen LogP contribution in [0.3, 0.4) is 0 Å². The summed E-state index contributed by atoms with van der Waals surface area (Å²) in [5.74, 6) is 0.392. The van der Waals surface area contributed by atoms with Crippen LogP contribution in [0.15, 0.2) is 24.4 Å². The number of aromatic amines is 1. The second-order valence-corrected chi connectivity index (χ2v) is 4.23. The van der Waals surface area contributed by atoms with Gasteiger partial charge in [-0.3, -0.25) is 4.79 Å². The average Bonchev–Trinajstić information content (AvgIpc) is 2.95. The summed E-state index contributed by atoms with van der Waals surface area (Å²) in [7, 11) is 1.78. The number of fused-ring (bicyclic) bond motifs is 1. The number of amides is 1. The molecular formula is C13H10N4O. The lowest BCUT2D eigenvalue weighted by atomic mass is 10.1. The zero-order chi connectivity index (χ0) is 12.7. The number of nitriles is 1. The van der Waals surface area contributed by atoms with Gasteiger partial charge in [0.05, 0.1) is 18.3 Å². The van der Waals surface area contributed by atoms with Crippen LogP contribution in [-0.2, 0) is 11.2 Å². The summed E-state index contributed by atoms with van der Waals surface area (Å²) in [5.41, 5.74) is 3.68. The lowest BCUT2D eigenvalue weighted by Gasteiger charge is -2.09. The van der Waals surface area contributed by atoms with Gasteiger partial charge in [-0.05, 0) is 17.7 Å². The van der Waals surface area contributed by atoms with Crippen LogP contribution in [0.5, 0.6) is 0 Å². The molecule has 0 bridgehead atoms. The molecule has 0 spiro atoms. The summed E-state index contributed by atoms with van der Waals surface area (Å²) in [5, 5.41) is 8.73. The van der Waals surface area contributed by atoms with Crippen LogP contribution < -0.4 is 4.90 Å². The smallest absolute Gasteiger partial charge is 0.231 e. The molecule has 2 heterocycles. The number of carbonyl (C=O) groups excluding carboxylic acids is 1. The molecule has 0 unspecified atom stereocenters. The van der Waals surface area contributed by atoms with Gasteiger partial charge in [0.2, 0.25) is 11.7 Å². The number of nitrogens with zero attached hydrogens (tertiary/aromatic N) is 3. The van der Waals surface area contributed by atoms with Crippen LogP contribution in [0.4, 0.5) is 5.69 Å². The number of imidazole rings is 1. The molecule has 1 aromatic heterocycles. The number of nitrogens with one attached hydrogen (secondary N) is 1. The highest BCUT2D eigenvalue weighted by molar-refractivity contribution is 6.01. The molecule has 0 aliphatic carbocycles. The number of hydrogen-bond donors (Lipinski definition) is 1. The summed E-state index contributed by atoms with van der Waals surface area (Å²) in [6, 6.07) is 7.76. The number of benzene rings is 1. The van der Waals surface area contributed by atoms with Crippen molar-refractivity contribution in [1.82, 2.24) is 9.97 Å². The number of H-pyrrole nitrogens is 1. The Hall–Kier alpha value is -2.61. The third-order valence-electron chi connectivity index (χ3n) is 3.15. The van der Waals surface area contributed by atoms with Gasteiger partial charge in [0.15, 0.2) is 0 Å². The van der Waals surface area contributed by atoms with Gasteiger partial charge >= 0.3 is 0 Å². The fourth-order valence-corrected chi connectivity index (χ4v) is 2.16. The summed E-state index contributed by atoms with van der Waals surface area (Å²) >= 11 is 0. The largest absolute Gasteiger partial charge is 0.329 e. The van der Waals surface area contributed by atoms with Crippen LogP contribution in [0.25, 0.3) is 11.3 Å². The van der Waals surface area contributed by atoms with Crippen molar-refractivity contribution >= 4 is 11.6 Å². The third kappa shape index (κ3) is 1.47. The zero-order valence-electron chi connectivity index (χ0n) is 9.77. The van der Waals surface area contributed by atoms with Crippen molar-refractivity contribution in [3.05, 3.63) is 35.8 Å². The van der Waals surface area contributed by atoms with Crippen molar-refractivity contribution in [3.8, 4) is 17.3 Å². The Bertz CT molecular complexity index is 681. The fraction of sp³-hybridized carbons (Fsp3) is 0.154. The van der Waals surface area contributed by atoms with E-state index in [-0.39, 0.29) is 5.91 Å². The number of aromatic nitrogens is 2. The van der Waals surface area contributed by atoms with Gasteiger partial charge in [-0.25, -0.2) is 4.98 Å². The van der Waals surface area contributed by atoms with Crippen LogP contribution in [-0.4, -0.2) is 22.9 Å². The van der Waals surface area contributed by atoms with E-state index in [0.29, 0.717) is 12.2 Å². The Labute approximate surface area is 104 Å². The summed E-state index contributed by atoms with van der Waals surface area (Å²) in [4.78, 5) is 20.1. The van der Waals surface area contributed by atoms with E-state index in [2.05, 4.69) is 9.97 Å². The molecule has 1 N–H and O–H groups in total. The summed E-state index contributed by atoms with van der Waals surface area (Å²) < 4.78 is 0.